The fourth-order valence-electron chi connectivity index (χ4n) is 1.71. The molecule has 0 aromatic rings. The molecule has 0 radical (unpaired) electrons. The fraction of sp³-hybridized carbons (Fsp3) is 1.00. The molecule has 0 aromatic carbocycles. The lowest BCUT2D eigenvalue weighted by atomic mass is 10.1. The highest BCUT2D eigenvalue weighted by Gasteiger charge is 2.23. The van der Waals surface area contributed by atoms with Crippen LogP contribution in [0, 0.1) is 5.92 Å². The molecule has 0 spiro atoms. The monoisotopic (exact) mass is 169 g/mol. The third-order valence-corrected chi connectivity index (χ3v) is 2.79. The van der Waals surface area contributed by atoms with Gasteiger partial charge in [-0.3, -0.25) is 0 Å². The van der Waals surface area contributed by atoms with E-state index < -0.39 is 0 Å². The summed E-state index contributed by atoms with van der Waals surface area (Å²) in [5.74, 6) is 0.918. The highest BCUT2D eigenvalue weighted by Crippen LogP contribution is 2.29. The maximum Gasteiger partial charge on any atom is 0.0587 e. The summed E-state index contributed by atoms with van der Waals surface area (Å²) < 4.78 is 5.85. The Kier molecular flexibility index (Phi) is 3.01. The Bertz CT molecular complexity index is 126. The third kappa shape index (κ3) is 2.76. The lowest BCUT2D eigenvalue weighted by Gasteiger charge is -2.14. The smallest absolute Gasteiger partial charge is 0.0587 e. The molecule has 1 saturated heterocycles. The molecule has 1 aliphatic carbocycles. The predicted molar refractivity (Wildman–Crippen MR) is 49.2 cm³/mol. The molecule has 1 aliphatic heterocycles. The second kappa shape index (κ2) is 4.24. The molecular weight excluding hydrogens is 150 g/mol. The average Bonchev–Trinajstić information content (AvgIpc) is 2.90. The van der Waals surface area contributed by atoms with Gasteiger partial charge >= 0.3 is 0 Å². The zero-order valence-corrected chi connectivity index (χ0v) is 7.72. The number of rotatable bonds is 3. The molecule has 1 saturated carbocycles. The normalized spacial score (nSPS) is 31.5. The average molecular weight is 169 g/mol. The van der Waals surface area contributed by atoms with Crippen LogP contribution in [-0.4, -0.2) is 25.8 Å². The maximum absolute atomic E-state index is 5.85. The Morgan fingerprint density at radius 1 is 1.08 bits per heavy atom. The molecule has 0 amide bonds. The van der Waals surface area contributed by atoms with Crippen LogP contribution in [0.3, 0.4) is 0 Å². The molecule has 0 aromatic heterocycles. The molecule has 1 N–H and O–H groups in total. The molecule has 1 atom stereocenters. The van der Waals surface area contributed by atoms with Gasteiger partial charge in [0, 0.05) is 6.61 Å². The molecule has 2 rings (SSSR count). The predicted octanol–water partition coefficient (Wildman–Crippen LogP) is 1.56. The van der Waals surface area contributed by atoms with Crippen molar-refractivity contribution in [1.29, 1.82) is 0 Å². The minimum absolute atomic E-state index is 0.556. The van der Waals surface area contributed by atoms with E-state index in [1.807, 2.05) is 0 Å². The number of nitrogens with one attached hydrogen (secondary N) is 1. The van der Waals surface area contributed by atoms with Crippen molar-refractivity contribution in [3.05, 3.63) is 0 Å². The van der Waals surface area contributed by atoms with Crippen LogP contribution in [-0.2, 0) is 4.74 Å². The molecule has 2 aliphatic rings. The van der Waals surface area contributed by atoms with Gasteiger partial charge in [0.15, 0.2) is 0 Å². The van der Waals surface area contributed by atoms with Crippen LogP contribution >= 0.6 is 0 Å². The molecule has 0 bridgehead atoms. The lowest BCUT2D eigenvalue weighted by molar-refractivity contribution is 0.0385. The van der Waals surface area contributed by atoms with Crippen molar-refractivity contribution in [2.24, 2.45) is 5.92 Å². The van der Waals surface area contributed by atoms with Crippen LogP contribution in [0.1, 0.15) is 32.1 Å². The van der Waals surface area contributed by atoms with Crippen LogP contribution in [0.2, 0.25) is 0 Å². The second-order valence-corrected chi connectivity index (χ2v) is 4.08. The van der Waals surface area contributed by atoms with E-state index in [1.165, 1.54) is 38.6 Å². The Morgan fingerprint density at radius 3 is 2.83 bits per heavy atom. The van der Waals surface area contributed by atoms with Gasteiger partial charge in [-0.15, -0.1) is 0 Å². The summed E-state index contributed by atoms with van der Waals surface area (Å²) in [5.41, 5.74) is 0. The Hall–Kier alpha value is -0.0800. The molecule has 70 valence electrons. The second-order valence-electron chi connectivity index (χ2n) is 4.08. The zero-order chi connectivity index (χ0) is 8.23. The van der Waals surface area contributed by atoms with E-state index in [9.17, 15) is 0 Å². The Balaban J connectivity index is 1.62. The summed E-state index contributed by atoms with van der Waals surface area (Å²) in [7, 11) is 0. The van der Waals surface area contributed by atoms with Crippen LogP contribution in [0.25, 0.3) is 0 Å². The van der Waals surface area contributed by atoms with E-state index in [2.05, 4.69) is 5.32 Å². The van der Waals surface area contributed by atoms with Gasteiger partial charge in [0.05, 0.1) is 6.10 Å². The summed E-state index contributed by atoms with van der Waals surface area (Å²) >= 11 is 0. The van der Waals surface area contributed by atoms with Gasteiger partial charge in [0.1, 0.15) is 0 Å². The highest BCUT2D eigenvalue weighted by atomic mass is 16.5. The Morgan fingerprint density at radius 2 is 2.00 bits per heavy atom. The van der Waals surface area contributed by atoms with Crippen molar-refractivity contribution >= 4 is 0 Å². The quantitative estimate of drug-likeness (QED) is 0.692. The molecular formula is C10H19NO. The minimum atomic E-state index is 0.556. The summed E-state index contributed by atoms with van der Waals surface area (Å²) in [6.07, 6.45) is 7.14. The van der Waals surface area contributed by atoms with Gasteiger partial charge in [-0.1, -0.05) is 0 Å². The third-order valence-electron chi connectivity index (χ3n) is 2.79. The van der Waals surface area contributed by atoms with Crippen molar-refractivity contribution in [3.8, 4) is 0 Å². The van der Waals surface area contributed by atoms with E-state index in [-0.39, 0.29) is 0 Å². The first kappa shape index (κ1) is 8.52. The van der Waals surface area contributed by atoms with E-state index >= 15 is 0 Å². The standard InChI is InChI=1S/C10H19NO/c1-2-10(5-7-11-6-1)12-8-9-3-4-9/h9-11H,1-8H2. The van der Waals surface area contributed by atoms with E-state index in [1.54, 1.807) is 0 Å². The molecule has 1 heterocycles. The van der Waals surface area contributed by atoms with E-state index in [0.717, 1.165) is 19.1 Å². The van der Waals surface area contributed by atoms with Crippen molar-refractivity contribution < 1.29 is 4.74 Å². The molecule has 2 heteroatoms. The molecule has 12 heavy (non-hydrogen) atoms. The summed E-state index contributed by atoms with van der Waals surface area (Å²) in [4.78, 5) is 0. The van der Waals surface area contributed by atoms with Crippen LogP contribution in [0.5, 0.6) is 0 Å². The van der Waals surface area contributed by atoms with Crippen LogP contribution in [0.4, 0.5) is 0 Å². The lowest BCUT2D eigenvalue weighted by Crippen LogP contribution is -2.18. The largest absolute Gasteiger partial charge is 0.378 e. The fourth-order valence-corrected chi connectivity index (χ4v) is 1.71. The first-order valence-corrected chi connectivity index (χ1v) is 5.27. The first-order valence-electron chi connectivity index (χ1n) is 5.27. The van der Waals surface area contributed by atoms with Gasteiger partial charge in [0.25, 0.3) is 0 Å². The molecule has 2 fully saturated rings. The van der Waals surface area contributed by atoms with Crippen LogP contribution < -0.4 is 5.32 Å². The van der Waals surface area contributed by atoms with Gasteiger partial charge in [-0.25, -0.2) is 0 Å². The maximum atomic E-state index is 5.85. The molecule has 2 nitrogen and oxygen atoms in total. The summed E-state index contributed by atoms with van der Waals surface area (Å²) in [6, 6.07) is 0. The summed E-state index contributed by atoms with van der Waals surface area (Å²) in [6.45, 7) is 3.36. The van der Waals surface area contributed by atoms with E-state index in [4.69, 9.17) is 4.74 Å². The van der Waals surface area contributed by atoms with Gasteiger partial charge in [-0.2, -0.15) is 0 Å². The first-order chi connectivity index (χ1) is 5.95. The highest BCUT2D eigenvalue weighted by molar-refractivity contribution is 4.74. The molecule has 1 unspecified atom stereocenters. The SMILES string of the molecule is C1CNCCC(OCC2CC2)C1. The van der Waals surface area contributed by atoms with Gasteiger partial charge < -0.3 is 10.1 Å². The van der Waals surface area contributed by atoms with Crippen molar-refractivity contribution in [3.63, 3.8) is 0 Å². The van der Waals surface area contributed by atoms with Gasteiger partial charge in [-0.05, 0) is 51.1 Å². The number of ether oxygens (including phenoxy) is 1. The number of hydrogen-bond donors (Lipinski definition) is 1. The summed E-state index contributed by atoms with van der Waals surface area (Å²) in [5, 5.41) is 3.40. The topological polar surface area (TPSA) is 21.3 Å². The van der Waals surface area contributed by atoms with Crippen molar-refractivity contribution in [2.45, 2.75) is 38.2 Å². The number of hydrogen-bond acceptors (Lipinski definition) is 2. The van der Waals surface area contributed by atoms with Crippen molar-refractivity contribution in [2.75, 3.05) is 19.7 Å². The zero-order valence-electron chi connectivity index (χ0n) is 7.72. The van der Waals surface area contributed by atoms with Gasteiger partial charge in [0.2, 0.25) is 0 Å². The minimum Gasteiger partial charge on any atom is -0.378 e. The van der Waals surface area contributed by atoms with Crippen LogP contribution in [0.15, 0.2) is 0 Å². The van der Waals surface area contributed by atoms with Crippen molar-refractivity contribution in [1.82, 2.24) is 5.32 Å². The van der Waals surface area contributed by atoms with E-state index in [0.29, 0.717) is 6.10 Å². The Labute approximate surface area is 74.7 Å².